The topological polar surface area (TPSA) is 145 Å². The summed E-state index contributed by atoms with van der Waals surface area (Å²) >= 11 is 0. The number of H-pyrrole nitrogens is 2. The Hall–Kier alpha value is -4.38. The zero-order valence-corrected chi connectivity index (χ0v) is 24.0. The number of aromatic nitrogens is 4. The van der Waals surface area contributed by atoms with E-state index in [1.807, 2.05) is 24.3 Å². The molecule has 1 aliphatic heterocycles. The predicted molar refractivity (Wildman–Crippen MR) is 154 cm³/mol. The lowest BCUT2D eigenvalue weighted by Gasteiger charge is -2.30. The third-order valence-corrected chi connectivity index (χ3v) is 7.03. The number of aromatic hydroxyl groups is 1. The van der Waals surface area contributed by atoms with E-state index < -0.39 is 17.7 Å². The van der Waals surface area contributed by atoms with E-state index >= 15 is 0 Å². The van der Waals surface area contributed by atoms with Gasteiger partial charge in [-0.15, -0.1) is 0 Å². The number of phenols is 1. The number of imidazole rings is 1. The van der Waals surface area contributed by atoms with Crippen molar-refractivity contribution < 1.29 is 24.2 Å². The molecule has 1 aliphatic rings. The SMILES string of the molecule is CCc1cc(O)ccc1-c1ccc2c(-c3nc4c([nH]3)CN(C(=O)[C@H](COC)NC(=O)OC(C)(C)C)CC4)n[nH]c2c1. The van der Waals surface area contributed by atoms with Crippen LogP contribution in [0.25, 0.3) is 33.5 Å². The largest absolute Gasteiger partial charge is 0.508 e. The molecule has 2 aromatic carbocycles. The highest BCUT2D eigenvalue weighted by molar-refractivity contribution is 5.94. The molecular weight excluding hydrogens is 524 g/mol. The first kappa shape index (κ1) is 28.2. The molecule has 0 saturated carbocycles. The van der Waals surface area contributed by atoms with Crippen LogP contribution in [-0.2, 0) is 33.7 Å². The normalized spacial score (nSPS) is 14.1. The molecule has 0 bridgehead atoms. The minimum absolute atomic E-state index is 0.0286. The summed E-state index contributed by atoms with van der Waals surface area (Å²) < 4.78 is 10.5. The third kappa shape index (κ3) is 6.04. The van der Waals surface area contributed by atoms with Gasteiger partial charge in [-0.05, 0) is 68.1 Å². The molecule has 0 saturated heterocycles. The van der Waals surface area contributed by atoms with Crippen LogP contribution in [0, 0.1) is 0 Å². The summed E-state index contributed by atoms with van der Waals surface area (Å²) in [5, 5.41) is 21.1. The zero-order valence-electron chi connectivity index (χ0n) is 24.0. The van der Waals surface area contributed by atoms with Gasteiger partial charge >= 0.3 is 6.09 Å². The van der Waals surface area contributed by atoms with E-state index in [9.17, 15) is 14.7 Å². The zero-order chi connectivity index (χ0) is 29.3. The van der Waals surface area contributed by atoms with E-state index in [0.717, 1.165) is 45.4 Å². The number of benzene rings is 2. The maximum absolute atomic E-state index is 13.3. The van der Waals surface area contributed by atoms with E-state index in [-0.39, 0.29) is 18.3 Å². The molecule has 0 spiro atoms. The Morgan fingerprint density at radius 1 is 1.20 bits per heavy atom. The van der Waals surface area contributed by atoms with E-state index in [1.165, 1.54) is 7.11 Å². The smallest absolute Gasteiger partial charge is 0.408 e. The predicted octanol–water partition coefficient (Wildman–Crippen LogP) is 4.31. The molecule has 0 aliphatic carbocycles. The highest BCUT2D eigenvalue weighted by Crippen LogP contribution is 2.33. The fraction of sp³-hybridized carbons (Fsp3) is 0.400. The Bertz CT molecular complexity index is 1580. The lowest BCUT2D eigenvalue weighted by molar-refractivity contribution is -0.135. The highest BCUT2D eigenvalue weighted by Gasteiger charge is 2.31. The molecule has 216 valence electrons. The first-order valence-corrected chi connectivity index (χ1v) is 13.7. The second-order valence-corrected chi connectivity index (χ2v) is 11.2. The van der Waals surface area contributed by atoms with Gasteiger partial charge in [0.25, 0.3) is 0 Å². The van der Waals surface area contributed by atoms with Crippen molar-refractivity contribution in [3.8, 4) is 28.4 Å². The summed E-state index contributed by atoms with van der Waals surface area (Å²) in [6.45, 7) is 8.17. The van der Waals surface area contributed by atoms with Gasteiger partial charge in [0.15, 0.2) is 5.82 Å². The molecule has 5 rings (SSSR count). The van der Waals surface area contributed by atoms with Gasteiger partial charge in [-0.2, -0.15) is 5.10 Å². The first-order chi connectivity index (χ1) is 19.6. The van der Waals surface area contributed by atoms with Crippen LogP contribution in [-0.4, -0.2) is 74.1 Å². The lowest BCUT2D eigenvalue weighted by Crippen LogP contribution is -2.52. The third-order valence-electron chi connectivity index (χ3n) is 7.03. The Balaban J connectivity index is 1.34. The number of ether oxygens (including phenoxy) is 2. The lowest BCUT2D eigenvalue weighted by atomic mass is 9.97. The van der Waals surface area contributed by atoms with Gasteiger partial charge in [0.05, 0.1) is 30.1 Å². The van der Waals surface area contributed by atoms with Crippen molar-refractivity contribution >= 4 is 22.9 Å². The van der Waals surface area contributed by atoms with Crippen LogP contribution in [0.15, 0.2) is 36.4 Å². The van der Waals surface area contributed by atoms with Crippen molar-refractivity contribution in [2.45, 2.75) is 58.7 Å². The number of nitrogens with zero attached hydrogens (tertiary/aromatic N) is 3. The molecule has 2 aromatic heterocycles. The molecular formula is C30H36N6O5. The molecule has 3 heterocycles. The number of alkyl carbamates (subject to hydrolysis) is 1. The molecule has 4 N–H and O–H groups in total. The van der Waals surface area contributed by atoms with E-state index in [1.54, 1.807) is 37.8 Å². The van der Waals surface area contributed by atoms with Gasteiger partial charge in [0, 0.05) is 25.5 Å². The Labute approximate surface area is 238 Å². The van der Waals surface area contributed by atoms with Crippen LogP contribution < -0.4 is 5.32 Å². The summed E-state index contributed by atoms with van der Waals surface area (Å²) in [5.41, 5.74) is 5.76. The molecule has 41 heavy (non-hydrogen) atoms. The molecule has 0 unspecified atom stereocenters. The Morgan fingerprint density at radius 2 is 2.00 bits per heavy atom. The first-order valence-electron chi connectivity index (χ1n) is 13.7. The summed E-state index contributed by atoms with van der Waals surface area (Å²) in [7, 11) is 1.48. The average molecular weight is 561 g/mol. The fourth-order valence-corrected chi connectivity index (χ4v) is 5.13. The Morgan fingerprint density at radius 3 is 2.73 bits per heavy atom. The van der Waals surface area contributed by atoms with Gasteiger partial charge < -0.3 is 29.8 Å². The van der Waals surface area contributed by atoms with Gasteiger partial charge in [0.2, 0.25) is 5.91 Å². The van der Waals surface area contributed by atoms with Crippen LogP contribution in [0.4, 0.5) is 4.79 Å². The van der Waals surface area contributed by atoms with Crippen molar-refractivity contribution in [3.63, 3.8) is 0 Å². The second-order valence-electron chi connectivity index (χ2n) is 11.2. The highest BCUT2D eigenvalue weighted by atomic mass is 16.6. The number of rotatable bonds is 7. The van der Waals surface area contributed by atoms with Crippen molar-refractivity contribution in [2.24, 2.45) is 0 Å². The van der Waals surface area contributed by atoms with Crippen LogP contribution in [0.3, 0.4) is 0 Å². The minimum Gasteiger partial charge on any atom is -0.508 e. The Kier molecular flexibility index (Phi) is 7.72. The number of hydrogen-bond donors (Lipinski definition) is 4. The van der Waals surface area contributed by atoms with Crippen LogP contribution in [0.1, 0.15) is 44.6 Å². The maximum Gasteiger partial charge on any atom is 0.408 e. The van der Waals surface area contributed by atoms with Crippen LogP contribution >= 0.6 is 0 Å². The quantitative estimate of drug-likeness (QED) is 0.263. The minimum atomic E-state index is -0.870. The molecule has 2 amide bonds. The number of fused-ring (bicyclic) bond motifs is 2. The standard InChI is InChI=1S/C30H36N6O5/c1-6-17-13-19(37)8-10-20(17)18-7-9-21-23(14-18)34-35-26(21)27-31-22-11-12-36(15-24(22)32-27)28(38)25(16-40-5)33-29(39)41-30(2,3)4/h7-10,13-14,25,37H,6,11-12,15-16H2,1-5H3,(H,31,32)(H,33,39)(H,34,35)/t25-/m0/s1. The van der Waals surface area contributed by atoms with Crippen molar-refractivity contribution in [2.75, 3.05) is 20.3 Å². The van der Waals surface area contributed by atoms with E-state index in [0.29, 0.717) is 31.0 Å². The van der Waals surface area contributed by atoms with E-state index in [2.05, 4.69) is 27.4 Å². The molecule has 0 radical (unpaired) electrons. The van der Waals surface area contributed by atoms with Gasteiger partial charge in [-0.3, -0.25) is 9.89 Å². The number of aromatic amines is 2. The van der Waals surface area contributed by atoms with Gasteiger partial charge in [0.1, 0.15) is 23.1 Å². The second kappa shape index (κ2) is 11.2. The summed E-state index contributed by atoms with van der Waals surface area (Å²) in [6, 6.07) is 10.7. The van der Waals surface area contributed by atoms with Crippen LogP contribution in [0.2, 0.25) is 0 Å². The summed E-state index contributed by atoms with van der Waals surface area (Å²) in [4.78, 5) is 35.5. The molecule has 1 atom stereocenters. The van der Waals surface area contributed by atoms with Crippen LogP contribution in [0.5, 0.6) is 5.75 Å². The molecule has 0 fully saturated rings. The number of carbonyl (C=O) groups is 2. The van der Waals surface area contributed by atoms with E-state index in [4.69, 9.17) is 14.5 Å². The van der Waals surface area contributed by atoms with Crippen molar-refractivity contribution in [1.29, 1.82) is 0 Å². The fourth-order valence-electron chi connectivity index (χ4n) is 5.13. The molecule has 11 nitrogen and oxygen atoms in total. The number of aryl methyl sites for hydroxylation is 1. The monoisotopic (exact) mass is 560 g/mol. The molecule has 4 aromatic rings. The molecule has 11 heteroatoms. The number of amides is 2. The number of hydrogen-bond acceptors (Lipinski definition) is 7. The number of phenolic OH excluding ortho intramolecular Hbond substituents is 1. The van der Waals surface area contributed by atoms with Gasteiger partial charge in [-0.1, -0.05) is 19.1 Å². The van der Waals surface area contributed by atoms with Crippen molar-refractivity contribution in [1.82, 2.24) is 30.4 Å². The number of nitrogens with one attached hydrogen (secondary N) is 3. The maximum atomic E-state index is 13.3. The number of methoxy groups -OCH3 is 1. The average Bonchev–Trinajstić information content (AvgIpc) is 3.54. The van der Waals surface area contributed by atoms with Crippen molar-refractivity contribution in [3.05, 3.63) is 53.3 Å². The van der Waals surface area contributed by atoms with Gasteiger partial charge in [-0.25, -0.2) is 9.78 Å². The summed E-state index contributed by atoms with van der Waals surface area (Å²) in [5.74, 6) is 0.631. The summed E-state index contributed by atoms with van der Waals surface area (Å²) in [6.07, 6.45) is 0.701. The number of carbonyl (C=O) groups excluding carboxylic acids is 2.